The molecule has 0 saturated carbocycles. The minimum atomic E-state index is -0.773. The Hall–Kier alpha value is -3.59. The van der Waals surface area contributed by atoms with Crippen LogP contribution < -0.4 is 20.9 Å². The topological polar surface area (TPSA) is 145 Å². The molecule has 0 aromatic heterocycles. The van der Waals surface area contributed by atoms with Crippen molar-refractivity contribution in [1.82, 2.24) is 4.90 Å². The summed E-state index contributed by atoms with van der Waals surface area (Å²) in [5.74, 6) is -0.218. The number of hydrogen-bond donors (Lipinski definition) is 3. The molecule has 1 atom stereocenters. The van der Waals surface area contributed by atoms with Crippen molar-refractivity contribution in [3.8, 4) is 11.5 Å². The van der Waals surface area contributed by atoms with Gasteiger partial charge in [-0.3, -0.25) is 14.4 Å². The van der Waals surface area contributed by atoms with Crippen molar-refractivity contribution in [3.63, 3.8) is 0 Å². The molecular formula is C23H29N3O6. The summed E-state index contributed by atoms with van der Waals surface area (Å²) in [4.78, 5) is 35.8. The van der Waals surface area contributed by atoms with E-state index in [1.54, 1.807) is 37.3 Å². The molecule has 1 aliphatic rings. The molecule has 0 spiro atoms. The normalized spacial score (nSPS) is 13.0. The van der Waals surface area contributed by atoms with Crippen LogP contribution in [0.1, 0.15) is 46.8 Å². The SMILES string of the molecule is COc1ccc(C(CC(N)=O)N2Cc3ccccc3C2=O)cc1OC.NCCCC(=O)O. The Kier molecular flexibility index (Phi) is 9.03. The molecule has 0 saturated heterocycles. The highest BCUT2D eigenvalue weighted by molar-refractivity contribution is 5.98. The van der Waals surface area contributed by atoms with Crippen LogP contribution in [-0.4, -0.2) is 48.6 Å². The van der Waals surface area contributed by atoms with Crippen LogP contribution in [0, 0.1) is 0 Å². The van der Waals surface area contributed by atoms with Gasteiger partial charge in [0.2, 0.25) is 5.91 Å². The van der Waals surface area contributed by atoms with Gasteiger partial charge in [0.1, 0.15) is 0 Å². The molecule has 0 bridgehead atoms. The van der Waals surface area contributed by atoms with E-state index in [1.165, 1.54) is 0 Å². The summed E-state index contributed by atoms with van der Waals surface area (Å²) in [5.41, 5.74) is 12.8. The molecule has 0 radical (unpaired) electrons. The van der Waals surface area contributed by atoms with Gasteiger partial charge in [-0.15, -0.1) is 0 Å². The number of carboxylic acid groups (broad SMARTS) is 1. The summed E-state index contributed by atoms with van der Waals surface area (Å²) in [6, 6.07) is 12.4. The van der Waals surface area contributed by atoms with E-state index < -0.39 is 17.9 Å². The number of ether oxygens (including phenoxy) is 2. The number of nitrogens with zero attached hydrogens (tertiary/aromatic N) is 1. The maximum atomic E-state index is 12.8. The molecule has 9 heteroatoms. The molecule has 32 heavy (non-hydrogen) atoms. The third-order valence-corrected chi connectivity index (χ3v) is 5.01. The van der Waals surface area contributed by atoms with Gasteiger partial charge in [0.05, 0.1) is 26.7 Å². The van der Waals surface area contributed by atoms with Crippen molar-refractivity contribution in [2.75, 3.05) is 20.8 Å². The molecule has 5 N–H and O–H groups in total. The van der Waals surface area contributed by atoms with Crippen LogP contribution in [-0.2, 0) is 16.1 Å². The Bertz CT molecular complexity index is 962. The first kappa shape index (κ1) is 24.7. The summed E-state index contributed by atoms with van der Waals surface area (Å²) in [6.07, 6.45) is 0.807. The van der Waals surface area contributed by atoms with Crippen LogP contribution >= 0.6 is 0 Å². The highest BCUT2D eigenvalue weighted by Crippen LogP contribution is 2.37. The number of carbonyl (C=O) groups excluding carboxylic acids is 2. The third kappa shape index (κ3) is 6.21. The minimum Gasteiger partial charge on any atom is -0.493 e. The second kappa shape index (κ2) is 11.7. The molecule has 2 aromatic rings. The maximum Gasteiger partial charge on any atom is 0.303 e. The molecular weight excluding hydrogens is 414 g/mol. The smallest absolute Gasteiger partial charge is 0.303 e. The number of carboxylic acids is 1. The van der Waals surface area contributed by atoms with E-state index in [0.29, 0.717) is 36.6 Å². The summed E-state index contributed by atoms with van der Waals surface area (Å²) in [7, 11) is 3.10. The predicted molar refractivity (Wildman–Crippen MR) is 118 cm³/mol. The van der Waals surface area contributed by atoms with Gasteiger partial charge in [-0.05, 0) is 42.3 Å². The Balaban J connectivity index is 0.000000451. The lowest BCUT2D eigenvalue weighted by Crippen LogP contribution is -2.32. The van der Waals surface area contributed by atoms with Gasteiger partial charge in [-0.25, -0.2) is 0 Å². The van der Waals surface area contributed by atoms with Gasteiger partial charge in [0.15, 0.2) is 11.5 Å². The fraction of sp³-hybridized carbons (Fsp3) is 0.348. The summed E-state index contributed by atoms with van der Waals surface area (Å²) < 4.78 is 10.6. The Morgan fingerprint density at radius 3 is 2.34 bits per heavy atom. The molecule has 1 unspecified atom stereocenters. The maximum absolute atomic E-state index is 12.8. The number of methoxy groups -OCH3 is 2. The van der Waals surface area contributed by atoms with Crippen LogP contribution in [0.4, 0.5) is 0 Å². The van der Waals surface area contributed by atoms with Gasteiger partial charge >= 0.3 is 5.97 Å². The lowest BCUT2D eigenvalue weighted by atomic mass is 10.0. The monoisotopic (exact) mass is 443 g/mol. The zero-order valence-corrected chi connectivity index (χ0v) is 18.2. The van der Waals surface area contributed by atoms with E-state index in [1.807, 2.05) is 24.3 Å². The summed E-state index contributed by atoms with van der Waals surface area (Å²) in [5, 5.41) is 7.99. The summed E-state index contributed by atoms with van der Waals surface area (Å²) in [6.45, 7) is 0.910. The Morgan fingerprint density at radius 2 is 1.81 bits per heavy atom. The van der Waals surface area contributed by atoms with Crippen LogP contribution in [0.25, 0.3) is 0 Å². The molecule has 2 amide bonds. The number of primary amides is 1. The number of carbonyl (C=O) groups is 3. The number of rotatable bonds is 9. The summed E-state index contributed by atoms with van der Waals surface area (Å²) >= 11 is 0. The van der Waals surface area contributed by atoms with Crippen molar-refractivity contribution in [1.29, 1.82) is 0 Å². The molecule has 2 aromatic carbocycles. The van der Waals surface area contributed by atoms with E-state index in [4.69, 9.17) is 26.0 Å². The van der Waals surface area contributed by atoms with E-state index in [0.717, 1.165) is 11.1 Å². The largest absolute Gasteiger partial charge is 0.493 e. The lowest BCUT2D eigenvalue weighted by molar-refractivity contribution is -0.137. The Morgan fingerprint density at radius 1 is 1.12 bits per heavy atom. The van der Waals surface area contributed by atoms with Crippen molar-refractivity contribution in [2.24, 2.45) is 11.5 Å². The lowest BCUT2D eigenvalue weighted by Gasteiger charge is -2.28. The van der Waals surface area contributed by atoms with Crippen molar-refractivity contribution >= 4 is 17.8 Å². The number of benzene rings is 2. The predicted octanol–water partition coefficient (Wildman–Crippen LogP) is 2.09. The highest BCUT2D eigenvalue weighted by atomic mass is 16.5. The molecule has 9 nitrogen and oxygen atoms in total. The van der Waals surface area contributed by atoms with E-state index >= 15 is 0 Å². The first-order valence-corrected chi connectivity index (χ1v) is 10.1. The van der Waals surface area contributed by atoms with E-state index in [9.17, 15) is 14.4 Å². The van der Waals surface area contributed by atoms with Gasteiger partial charge in [0.25, 0.3) is 5.91 Å². The first-order valence-electron chi connectivity index (χ1n) is 10.1. The molecule has 3 rings (SSSR count). The van der Waals surface area contributed by atoms with Gasteiger partial charge < -0.3 is 30.9 Å². The van der Waals surface area contributed by atoms with E-state index in [-0.39, 0.29) is 18.7 Å². The minimum absolute atomic E-state index is 0.0369. The first-order chi connectivity index (χ1) is 15.3. The molecule has 0 aliphatic carbocycles. The highest BCUT2D eigenvalue weighted by Gasteiger charge is 2.34. The number of aliphatic carboxylic acids is 1. The third-order valence-electron chi connectivity index (χ3n) is 5.01. The zero-order chi connectivity index (χ0) is 23.7. The second-order valence-electron chi connectivity index (χ2n) is 7.18. The quantitative estimate of drug-likeness (QED) is 0.538. The van der Waals surface area contributed by atoms with E-state index in [2.05, 4.69) is 0 Å². The fourth-order valence-corrected chi connectivity index (χ4v) is 3.44. The average molecular weight is 444 g/mol. The fourth-order valence-electron chi connectivity index (χ4n) is 3.44. The van der Waals surface area contributed by atoms with Crippen LogP contribution in [0.2, 0.25) is 0 Å². The molecule has 0 fully saturated rings. The number of nitrogens with two attached hydrogens (primary N) is 2. The van der Waals surface area contributed by atoms with Crippen molar-refractivity contribution in [2.45, 2.75) is 31.8 Å². The Labute approximate surface area is 186 Å². The average Bonchev–Trinajstić information content (AvgIpc) is 3.12. The zero-order valence-electron chi connectivity index (χ0n) is 18.2. The second-order valence-corrected chi connectivity index (χ2v) is 7.18. The van der Waals surface area contributed by atoms with Crippen molar-refractivity contribution < 1.29 is 29.0 Å². The standard InChI is InChI=1S/C19H20N2O4.C4H9NO2/c1-24-16-8-7-12(9-17(16)25-2)15(10-18(20)22)21-11-13-5-3-4-6-14(13)19(21)23;5-3-1-2-4(6)7/h3-9,15H,10-11H2,1-2H3,(H2,20,22);1-3,5H2,(H,6,7). The number of hydrogen-bond acceptors (Lipinski definition) is 6. The van der Waals surface area contributed by atoms with Crippen LogP contribution in [0.15, 0.2) is 42.5 Å². The molecule has 1 aliphatic heterocycles. The van der Waals surface area contributed by atoms with Crippen LogP contribution in [0.5, 0.6) is 11.5 Å². The molecule has 1 heterocycles. The van der Waals surface area contributed by atoms with Gasteiger partial charge in [-0.1, -0.05) is 24.3 Å². The number of fused-ring (bicyclic) bond motifs is 1. The number of amides is 2. The molecule has 172 valence electrons. The van der Waals surface area contributed by atoms with Gasteiger partial charge in [0, 0.05) is 18.5 Å². The van der Waals surface area contributed by atoms with Crippen molar-refractivity contribution in [3.05, 3.63) is 59.2 Å². The van der Waals surface area contributed by atoms with Gasteiger partial charge in [-0.2, -0.15) is 0 Å². The van der Waals surface area contributed by atoms with Crippen LogP contribution in [0.3, 0.4) is 0 Å².